The second kappa shape index (κ2) is 3.67. The van der Waals surface area contributed by atoms with Crippen molar-refractivity contribution in [1.82, 2.24) is 15.5 Å². The molecule has 0 spiro atoms. The molecule has 4 nitrogen and oxygen atoms in total. The fraction of sp³-hybridized carbons (Fsp3) is 0.750. The third-order valence-electron chi connectivity index (χ3n) is 2.39. The largest absolute Gasteiger partial charge is 0.414 e. The fourth-order valence-electron chi connectivity index (χ4n) is 1.66. The summed E-state index contributed by atoms with van der Waals surface area (Å²) < 4.78 is 5.25. The molecule has 0 bridgehead atoms. The van der Waals surface area contributed by atoms with E-state index in [0.717, 1.165) is 18.9 Å². The van der Waals surface area contributed by atoms with Crippen molar-refractivity contribution in [3.63, 3.8) is 0 Å². The van der Waals surface area contributed by atoms with Gasteiger partial charge in [0, 0.05) is 0 Å². The first-order valence-electron chi connectivity index (χ1n) is 4.51. The standard InChI is InChI=1S/C8H13N3OS/c1-5-2-3-9-6(4-5)7-10-11-8(13)12-7/h5-6,9H,2-4H2,1H3,(H,11,13)/t5-,6-/m1/s1. The van der Waals surface area contributed by atoms with Gasteiger partial charge in [-0.25, -0.2) is 0 Å². The first-order valence-corrected chi connectivity index (χ1v) is 4.96. The van der Waals surface area contributed by atoms with Crippen LogP contribution in [0.1, 0.15) is 31.7 Å². The highest BCUT2D eigenvalue weighted by Crippen LogP contribution is 2.26. The van der Waals surface area contributed by atoms with Crippen molar-refractivity contribution >= 4 is 12.6 Å². The molecule has 0 unspecified atom stereocenters. The van der Waals surface area contributed by atoms with Gasteiger partial charge in [-0.2, -0.15) is 0 Å². The van der Waals surface area contributed by atoms with Crippen LogP contribution < -0.4 is 5.32 Å². The molecule has 13 heavy (non-hydrogen) atoms. The summed E-state index contributed by atoms with van der Waals surface area (Å²) in [7, 11) is 0. The van der Waals surface area contributed by atoms with Gasteiger partial charge in [-0.1, -0.05) is 19.6 Å². The predicted molar refractivity (Wildman–Crippen MR) is 50.7 cm³/mol. The number of piperidine rings is 1. The lowest BCUT2D eigenvalue weighted by Crippen LogP contribution is -2.30. The van der Waals surface area contributed by atoms with Crippen molar-refractivity contribution < 1.29 is 4.42 Å². The van der Waals surface area contributed by atoms with E-state index in [2.05, 4.69) is 35.1 Å². The summed E-state index contributed by atoms with van der Waals surface area (Å²) in [5.74, 6) is 1.39. The van der Waals surface area contributed by atoms with Gasteiger partial charge < -0.3 is 9.73 Å². The van der Waals surface area contributed by atoms with Crippen molar-refractivity contribution in [3.05, 3.63) is 5.89 Å². The monoisotopic (exact) mass is 199 g/mol. The zero-order valence-corrected chi connectivity index (χ0v) is 8.42. The minimum atomic E-state index is 0.220. The van der Waals surface area contributed by atoms with E-state index in [9.17, 15) is 0 Å². The maximum absolute atomic E-state index is 5.25. The molecule has 1 fully saturated rings. The molecule has 1 aromatic heterocycles. The molecule has 0 radical (unpaired) electrons. The third-order valence-corrected chi connectivity index (χ3v) is 2.57. The Morgan fingerprint density at radius 1 is 1.54 bits per heavy atom. The Hall–Kier alpha value is -0.550. The van der Waals surface area contributed by atoms with E-state index in [1.165, 1.54) is 6.42 Å². The van der Waals surface area contributed by atoms with Crippen LogP contribution in [0.15, 0.2) is 9.64 Å². The smallest absolute Gasteiger partial charge is 0.273 e. The molecular weight excluding hydrogens is 186 g/mol. The molecule has 1 aromatic rings. The first-order chi connectivity index (χ1) is 6.25. The van der Waals surface area contributed by atoms with Crippen LogP contribution in [-0.2, 0) is 0 Å². The molecule has 0 amide bonds. The van der Waals surface area contributed by atoms with Crippen LogP contribution in [0.2, 0.25) is 0 Å². The Kier molecular flexibility index (Phi) is 2.55. The summed E-state index contributed by atoms with van der Waals surface area (Å²) in [6.45, 7) is 3.27. The average Bonchev–Trinajstić information content (AvgIpc) is 2.52. The minimum absolute atomic E-state index is 0.220. The van der Waals surface area contributed by atoms with Gasteiger partial charge in [0.15, 0.2) is 0 Å². The fourth-order valence-corrected chi connectivity index (χ4v) is 1.80. The second-order valence-corrected chi connectivity index (χ2v) is 3.94. The van der Waals surface area contributed by atoms with Gasteiger partial charge in [-0.3, -0.25) is 0 Å². The van der Waals surface area contributed by atoms with Crippen LogP contribution in [0.5, 0.6) is 0 Å². The number of nitrogens with zero attached hydrogens (tertiary/aromatic N) is 2. The quantitative estimate of drug-likeness (QED) is 0.672. The van der Waals surface area contributed by atoms with Crippen molar-refractivity contribution in [2.24, 2.45) is 5.92 Å². The number of nitrogens with one attached hydrogen (secondary N) is 1. The maximum atomic E-state index is 5.25. The van der Waals surface area contributed by atoms with Gasteiger partial charge >= 0.3 is 0 Å². The Morgan fingerprint density at radius 2 is 2.38 bits per heavy atom. The van der Waals surface area contributed by atoms with Crippen molar-refractivity contribution in [2.45, 2.75) is 31.0 Å². The number of hydrogen-bond acceptors (Lipinski definition) is 5. The van der Waals surface area contributed by atoms with Crippen LogP contribution in [0.25, 0.3) is 0 Å². The lowest BCUT2D eigenvalue weighted by Gasteiger charge is -2.25. The van der Waals surface area contributed by atoms with Crippen LogP contribution in [0.3, 0.4) is 0 Å². The van der Waals surface area contributed by atoms with Gasteiger partial charge in [-0.15, -0.1) is 10.2 Å². The highest BCUT2D eigenvalue weighted by Gasteiger charge is 2.23. The van der Waals surface area contributed by atoms with Gasteiger partial charge in [0.1, 0.15) is 0 Å². The molecule has 0 saturated carbocycles. The van der Waals surface area contributed by atoms with E-state index in [0.29, 0.717) is 11.1 Å². The summed E-state index contributed by atoms with van der Waals surface area (Å²) in [5, 5.41) is 11.3. The Labute approximate surface area is 82.5 Å². The van der Waals surface area contributed by atoms with Gasteiger partial charge in [0.05, 0.1) is 6.04 Å². The molecule has 2 heterocycles. The molecule has 72 valence electrons. The lowest BCUT2D eigenvalue weighted by atomic mass is 9.94. The van der Waals surface area contributed by atoms with Crippen molar-refractivity contribution in [3.8, 4) is 0 Å². The molecule has 2 atom stereocenters. The number of rotatable bonds is 1. The molecule has 0 aliphatic carbocycles. The highest BCUT2D eigenvalue weighted by atomic mass is 32.1. The topological polar surface area (TPSA) is 51.0 Å². The Bertz CT molecular complexity index is 289. The molecule has 0 aromatic carbocycles. The third kappa shape index (κ3) is 2.03. The summed E-state index contributed by atoms with van der Waals surface area (Å²) >= 11 is 3.98. The van der Waals surface area contributed by atoms with Gasteiger partial charge in [-0.05, 0) is 25.3 Å². The van der Waals surface area contributed by atoms with Gasteiger partial charge in [0.2, 0.25) is 5.89 Å². The highest BCUT2D eigenvalue weighted by molar-refractivity contribution is 7.80. The zero-order chi connectivity index (χ0) is 9.26. The molecule has 2 rings (SSSR count). The predicted octanol–water partition coefficient (Wildman–Crippen LogP) is 1.42. The summed E-state index contributed by atoms with van der Waals surface area (Å²) in [4.78, 5) is 0. The van der Waals surface area contributed by atoms with E-state index in [-0.39, 0.29) is 6.04 Å². The Balaban J connectivity index is 2.08. The van der Waals surface area contributed by atoms with E-state index in [1.807, 2.05) is 0 Å². The summed E-state index contributed by atoms with van der Waals surface area (Å²) in [6, 6.07) is 0.220. The van der Waals surface area contributed by atoms with Crippen molar-refractivity contribution in [1.29, 1.82) is 0 Å². The maximum Gasteiger partial charge on any atom is 0.273 e. The number of hydrogen-bond donors (Lipinski definition) is 2. The molecule has 1 aliphatic heterocycles. The van der Waals surface area contributed by atoms with Gasteiger partial charge in [0.25, 0.3) is 5.22 Å². The minimum Gasteiger partial charge on any atom is -0.414 e. The molecule has 1 aliphatic rings. The molecule has 1 N–H and O–H groups in total. The van der Waals surface area contributed by atoms with Crippen LogP contribution >= 0.6 is 12.6 Å². The molecule has 5 heteroatoms. The second-order valence-electron chi connectivity index (χ2n) is 3.56. The summed E-state index contributed by atoms with van der Waals surface area (Å²) in [6.07, 6.45) is 2.29. The number of thiol groups is 1. The molecular formula is C8H13N3OS. The van der Waals surface area contributed by atoms with E-state index < -0.39 is 0 Å². The van der Waals surface area contributed by atoms with E-state index in [1.54, 1.807) is 0 Å². The van der Waals surface area contributed by atoms with Crippen molar-refractivity contribution in [2.75, 3.05) is 6.54 Å². The van der Waals surface area contributed by atoms with Crippen LogP contribution in [0, 0.1) is 5.92 Å². The van der Waals surface area contributed by atoms with E-state index >= 15 is 0 Å². The van der Waals surface area contributed by atoms with Crippen LogP contribution in [0.4, 0.5) is 0 Å². The lowest BCUT2D eigenvalue weighted by molar-refractivity contribution is 0.270. The normalized spacial score (nSPS) is 29.1. The first kappa shape index (κ1) is 9.02. The zero-order valence-electron chi connectivity index (χ0n) is 7.53. The van der Waals surface area contributed by atoms with Crippen LogP contribution in [-0.4, -0.2) is 16.7 Å². The summed E-state index contributed by atoms with van der Waals surface area (Å²) in [5.41, 5.74) is 0. The molecule has 1 saturated heterocycles. The number of aromatic nitrogens is 2. The average molecular weight is 199 g/mol. The SMILES string of the molecule is C[C@@H]1CCN[C@@H](c2nnc(S)o2)C1. The Morgan fingerprint density at radius 3 is 3.00 bits per heavy atom. The van der Waals surface area contributed by atoms with E-state index in [4.69, 9.17) is 4.42 Å².